The number of carbonyl (C=O) groups excluding carboxylic acids is 1. The number of carbonyl (C=O) groups is 1. The van der Waals surface area contributed by atoms with Gasteiger partial charge in [0, 0.05) is 12.1 Å². The summed E-state index contributed by atoms with van der Waals surface area (Å²) in [6.45, 7) is 10.2. The van der Waals surface area contributed by atoms with Crippen molar-refractivity contribution in [1.82, 2.24) is 5.32 Å². The molecule has 0 bridgehead atoms. The lowest BCUT2D eigenvalue weighted by Crippen LogP contribution is -2.34. The zero-order valence-electron chi connectivity index (χ0n) is 12.1. The van der Waals surface area contributed by atoms with Crippen LogP contribution < -0.4 is 5.32 Å². The van der Waals surface area contributed by atoms with E-state index in [0.29, 0.717) is 24.5 Å². The van der Waals surface area contributed by atoms with Crippen LogP contribution in [0.2, 0.25) is 0 Å². The highest BCUT2D eigenvalue weighted by Crippen LogP contribution is 2.23. The molecule has 1 aliphatic rings. The molecule has 0 aromatic carbocycles. The number of ether oxygens (including phenoxy) is 2. The Morgan fingerprint density at radius 3 is 2.47 bits per heavy atom. The van der Waals surface area contributed by atoms with Gasteiger partial charge in [-0.1, -0.05) is 0 Å². The van der Waals surface area contributed by atoms with Crippen molar-refractivity contribution in [3.63, 3.8) is 0 Å². The topological polar surface area (TPSA) is 60.7 Å². The molecule has 2 rings (SSSR count). The van der Waals surface area contributed by atoms with Crippen LogP contribution in [0.4, 0.5) is 0 Å². The van der Waals surface area contributed by atoms with Crippen molar-refractivity contribution in [2.75, 3.05) is 13.2 Å². The van der Waals surface area contributed by atoms with Gasteiger partial charge in [-0.2, -0.15) is 0 Å². The molecule has 1 aromatic heterocycles. The van der Waals surface area contributed by atoms with Gasteiger partial charge >= 0.3 is 0 Å². The van der Waals surface area contributed by atoms with Crippen molar-refractivity contribution in [1.29, 1.82) is 0 Å². The van der Waals surface area contributed by atoms with Crippen molar-refractivity contribution < 1.29 is 18.7 Å². The largest absolute Gasteiger partial charge is 0.466 e. The number of hydrogen-bond donors (Lipinski definition) is 1. The van der Waals surface area contributed by atoms with Crippen molar-refractivity contribution in [2.45, 2.75) is 46.5 Å². The lowest BCUT2D eigenvalue weighted by molar-refractivity contribution is -0.137. The summed E-state index contributed by atoms with van der Waals surface area (Å²) in [6.07, 6.45) is -0.104. The van der Waals surface area contributed by atoms with Crippen LogP contribution in [0.15, 0.2) is 4.42 Å². The van der Waals surface area contributed by atoms with Gasteiger partial charge in [-0.3, -0.25) is 4.79 Å². The lowest BCUT2D eigenvalue weighted by Gasteiger charge is -2.17. The Morgan fingerprint density at radius 2 is 2.00 bits per heavy atom. The Labute approximate surface area is 113 Å². The summed E-state index contributed by atoms with van der Waals surface area (Å²) in [5.74, 6) is 0.744. The number of aryl methyl sites for hydroxylation is 2. The Balaban J connectivity index is 1.95. The molecule has 1 unspecified atom stereocenters. The van der Waals surface area contributed by atoms with Crippen LogP contribution in [0.5, 0.6) is 0 Å². The van der Waals surface area contributed by atoms with Crippen LogP contribution in [-0.4, -0.2) is 30.9 Å². The third kappa shape index (κ3) is 2.98. The maximum absolute atomic E-state index is 12.2. The highest BCUT2D eigenvalue weighted by molar-refractivity contribution is 5.96. The summed E-state index contributed by atoms with van der Waals surface area (Å²) >= 11 is 0. The van der Waals surface area contributed by atoms with Gasteiger partial charge in [0.05, 0.1) is 12.2 Å². The second-order valence-corrected chi connectivity index (χ2v) is 5.38. The van der Waals surface area contributed by atoms with E-state index >= 15 is 0 Å². The standard InChI is InChI=1S/C14H21NO4/c1-8-9(2)18-10(3)12(8)13(16)15-6-11-7-17-14(4,5)19-11/h11H,6-7H2,1-5H3,(H,15,16). The van der Waals surface area contributed by atoms with Crippen molar-refractivity contribution >= 4 is 5.91 Å². The summed E-state index contributed by atoms with van der Waals surface area (Å²) < 4.78 is 16.5. The van der Waals surface area contributed by atoms with Crippen molar-refractivity contribution in [3.05, 3.63) is 22.6 Å². The minimum Gasteiger partial charge on any atom is -0.466 e. The van der Waals surface area contributed by atoms with E-state index in [9.17, 15) is 4.79 Å². The number of rotatable bonds is 3. The molecule has 1 amide bonds. The van der Waals surface area contributed by atoms with E-state index in [1.54, 1.807) is 6.92 Å². The third-order valence-corrected chi connectivity index (χ3v) is 3.35. The van der Waals surface area contributed by atoms with Crippen molar-refractivity contribution in [2.24, 2.45) is 0 Å². The minimum absolute atomic E-state index is 0.104. The van der Waals surface area contributed by atoms with Gasteiger partial charge in [0.15, 0.2) is 5.79 Å². The first-order chi connectivity index (χ1) is 8.80. The maximum Gasteiger partial charge on any atom is 0.255 e. The van der Waals surface area contributed by atoms with Crippen LogP contribution in [0.25, 0.3) is 0 Å². The second-order valence-electron chi connectivity index (χ2n) is 5.38. The lowest BCUT2D eigenvalue weighted by atomic mass is 10.1. The molecule has 1 atom stereocenters. The van der Waals surface area contributed by atoms with Gasteiger partial charge in [0.25, 0.3) is 5.91 Å². The van der Waals surface area contributed by atoms with E-state index in [1.165, 1.54) is 0 Å². The van der Waals surface area contributed by atoms with Crippen LogP contribution in [0, 0.1) is 20.8 Å². The molecule has 1 N–H and O–H groups in total. The molecular formula is C14H21NO4. The molecule has 0 aliphatic carbocycles. The first-order valence-corrected chi connectivity index (χ1v) is 6.47. The predicted molar refractivity (Wildman–Crippen MR) is 70.2 cm³/mol. The molecule has 0 saturated carbocycles. The molecule has 19 heavy (non-hydrogen) atoms. The predicted octanol–water partition coefficient (Wildman–Crippen LogP) is 2.09. The van der Waals surface area contributed by atoms with Crippen LogP contribution in [0.1, 0.15) is 41.3 Å². The fourth-order valence-corrected chi connectivity index (χ4v) is 2.29. The van der Waals surface area contributed by atoms with Crippen LogP contribution >= 0.6 is 0 Å². The van der Waals surface area contributed by atoms with Gasteiger partial charge in [-0.05, 0) is 34.6 Å². The SMILES string of the molecule is Cc1oc(C)c(C(=O)NCC2COC(C)(C)O2)c1C. The van der Waals surface area contributed by atoms with E-state index in [-0.39, 0.29) is 12.0 Å². The third-order valence-electron chi connectivity index (χ3n) is 3.35. The Kier molecular flexibility index (Phi) is 3.69. The van der Waals surface area contributed by atoms with E-state index < -0.39 is 5.79 Å². The van der Waals surface area contributed by atoms with Gasteiger partial charge in [0.2, 0.25) is 0 Å². The number of furan rings is 1. The average Bonchev–Trinajstić information content (AvgIpc) is 2.77. The molecule has 1 aliphatic heterocycles. The van der Waals surface area contributed by atoms with Gasteiger partial charge in [0.1, 0.15) is 17.6 Å². The molecule has 0 radical (unpaired) electrons. The molecule has 1 aromatic rings. The zero-order valence-corrected chi connectivity index (χ0v) is 12.1. The first kappa shape index (κ1) is 14.1. The summed E-state index contributed by atoms with van der Waals surface area (Å²) in [5.41, 5.74) is 1.51. The summed E-state index contributed by atoms with van der Waals surface area (Å²) in [5, 5.41) is 2.87. The molecule has 5 heteroatoms. The van der Waals surface area contributed by atoms with Crippen LogP contribution in [-0.2, 0) is 9.47 Å². The Bertz CT molecular complexity index is 490. The fourth-order valence-electron chi connectivity index (χ4n) is 2.29. The highest BCUT2D eigenvalue weighted by atomic mass is 16.7. The average molecular weight is 267 g/mol. The quantitative estimate of drug-likeness (QED) is 0.911. The molecule has 5 nitrogen and oxygen atoms in total. The Morgan fingerprint density at radius 1 is 1.32 bits per heavy atom. The van der Waals surface area contributed by atoms with E-state index in [0.717, 1.165) is 11.3 Å². The van der Waals surface area contributed by atoms with E-state index in [4.69, 9.17) is 13.9 Å². The van der Waals surface area contributed by atoms with Gasteiger partial charge in [-0.25, -0.2) is 0 Å². The molecule has 106 valence electrons. The number of hydrogen-bond acceptors (Lipinski definition) is 4. The normalized spacial score (nSPS) is 21.6. The van der Waals surface area contributed by atoms with Crippen LogP contribution in [0.3, 0.4) is 0 Å². The van der Waals surface area contributed by atoms with Gasteiger partial charge < -0.3 is 19.2 Å². The zero-order chi connectivity index (χ0) is 14.2. The second kappa shape index (κ2) is 4.98. The molecule has 2 heterocycles. The van der Waals surface area contributed by atoms with E-state index in [1.807, 2.05) is 27.7 Å². The summed E-state index contributed by atoms with van der Waals surface area (Å²) in [6, 6.07) is 0. The minimum atomic E-state index is -0.562. The maximum atomic E-state index is 12.2. The van der Waals surface area contributed by atoms with Gasteiger partial charge in [-0.15, -0.1) is 0 Å². The first-order valence-electron chi connectivity index (χ1n) is 6.47. The smallest absolute Gasteiger partial charge is 0.255 e. The molecule has 1 fully saturated rings. The monoisotopic (exact) mass is 267 g/mol. The Hall–Kier alpha value is -1.33. The molecule has 0 spiro atoms. The summed E-state index contributed by atoms with van der Waals surface area (Å²) in [4.78, 5) is 12.2. The molecular weight excluding hydrogens is 246 g/mol. The number of amides is 1. The molecule has 1 saturated heterocycles. The van der Waals surface area contributed by atoms with Crippen molar-refractivity contribution in [3.8, 4) is 0 Å². The number of nitrogens with one attached hydrogen (secondary N) is 1. The van der Waals surface area contributed by atoms with E-state index in [2.05, 4.69) is 5.32 Å². The fraction of sp³-hybridized carbons (Fsp3) is 0.643. The summed E-state index contributed by atoms with van der Waals surface area (Å²) in [7, 11) is 0. The highest BCUT2D eigenvalue weighted by Gasteiger charge is 2.33.